The standard InChI is InChI=1S/C68H124O6/c1-4-7-10-13-16-19-22-25-28-30-31-32-33-34-35-36-37-39-40-43-46-49-52-55-58-61-67(70)73-64-65(63-72-66(69)60-57-54-51-48-45-42-27-24-21-18-15-12-9-6-3)74-68(71)62-59-56-53-50-47-44-41-38-29-26-23-20-17-14-11-8-5-2/h7,10,16,19,25,28,31-32,65H,4-6,8-9,11-15,17-18,20-24,26-27,29-30,33-64H2,1-3H3/b10-7-,19-16-,28-25-,32-31-. The van der Waals surface area contributed by atoms with Crippen molar-refractivity contribution in [1.29, 1.82) is 0 Å². The fraction of sp³-hybridized carbons (Fsp3) is 0.838. The van der Waals surface area contributed by atoms with E-state index in [1.807, 2.05) is 0 Å². The summed E-state index contributed by atoms with van der Waals surface area (Å²) >= 11 is 0. The van der Waals surface area contributed by atoms with Crippen molar-refractivity contribution >= 4 is 17.9 Å². The number of carbonyl (C=O) groups excluding carboxylic acids is 3. The predicted molar refractivity (Wildman–Crippen MR) is 321 cm³/mol. The van der Waals surface area contributed by atoms with Gasteiger partial charge in [-0.2, -0.15) is 0 Å². The van der Waals surface area contributed by atoms with Gasteiger partial charge < -0.3 is 14.2 Å². The maximum atomic E-state index is 12.9. The minimum atomic E-state index is -0.770. The first kappa shape index (κ1) is 71.4. The lowest BCUT2D eigenvalue weighted by Gasteiger charge is -2.18. The third kappa shape index (κ3) is 60.2. The summed E-state index contributed by atoms with van der Waals surface area (Å²) in [6.45, 7) is 6.59. The van der Waals surface area contributed by atoms with Gasteiger partial charge >= 0.3 is 17.9 Å². The van der Waals surface area contributed by atoms with Crippen molar-refractivity contribution in [2.45, 2.75) is 354 Å². The van der Waals surface area contributed by atoms with Gasteiger partial charge in [0.25, 0.3) is 0 Å². The molecule has 0 bridgehead atoms. The molecule has 0 aliphatic carbocycles. The van der Waals surface area contributed by atoms with Crippen molar-refractivity contribution in [1.82, 2.24) is 0 Å². The third-order valence-electron chi connectivity index (χ3n) is 14.6. The highest BCUT2D eigenvalue weighted by molar-refractivity contribution is 5.71. The second-order valence-electron chi connectivity index (χ2n) is 22.0. The van der Waals surface area contributed by atoms with Crippen LogP contribution in [0.4, 0.5) is 0 Å². The Balaban J connectivity index is 4.26. The van der Waals surface area contributed by atoms with Crippen LogP contribution in [0.1, 0.15) is 348 Å². The van der Waals surface area contributed by atoms with Crippen LogP contribution in [0.15, 0.2) is 48.6 Å². The number of allylic oxidation sites excluding steroid dienone is 8. The first-order valence-electron chi connectivity index (χ1n) is 32.6. The molecule has 0 aromatic heterocycles. The summed E-state index contributed by atoms with van der Waals surface area (Å²) in [5.74, 6) is -0.844. The summed E-state index contributed by atoms with van der Waals surface area (Å²) in [6.07, 6.45) is 78.3. The van der Waals surface area contributed by atoms with Crippen molar-refractivity contribution < 1.29 is 28.6 Å². The molecule has 0 aromatic carbocycles. The van der Waals surface area contributed by atoms with Gasteiger partial charge in [-0.1, -0.05) is 320 Å². The lowest BCUT2D eigenvalue weighted by atomic mass is 10.0. The van der Waals surface area contributed by atoms with Crippen LogP contribution in [-0.4, -0.2) is 37.2 Å². The molecule has 1 atom stereocenters. The number of esters is 3. The van der Waals surface area contributed by atoms with Crippen molar-refractivity contribution in [2.75, 3.05) is 13.2 Å². The van der Waals surface area contributed by atoms with Crippen LogP contribution in [0.5, 0.6) is 0 Å². The van der Waals surface area contributed by atoms with E-state index in [0.29, 0.717) is 19.3 Å². The molecule has 6 heteroatoms. The number of ether oxygens (including phenoxy) is 3. The topological polar surface area (TPSA) is 78.9 Å². The highest BCUT2D eigenvalue weighted by Crippen LogP contribution is 2.18. The Morgan fingerprint density at radius 1 is 0.284 bits per heavy atom. The molecule has 6 nitrogen and oxygen atoms in total. The quantitative estimate of drug-likeness (QED) is 0.0261. The minimum absolute atomic E-state index is 0.0673. The summed E-state index contributed by atoms with van der Waals surface area (Å²) in [5.41, 5.74) is 0. The molecule has 0 saturated heterocycles. The van der Waals surface area contributed by atoms with Crippen LogP contribution in [0.3, 0.4) is 0 Å². The maximum Gasteiger partial charge on any atom is 0.306 e. The molecule has 0 aromatic rings. The highest BCUT2D eigenvalue weighted by Gasteiger charge is 2.19. The molecule has 0 fully saturated rings. The first-order valence-corrected chi connectivity index (χ1v) is 32.6. The lowest BCUT2D eigenvalue weighted by molar-refractivity contribution is -0.167. The summed E-state index contributed by atoms with van der Waals surface area (Å²) < 4.78 is 17.0. The Kier molecular flexibility index (Phi) is 60.7. The minimum Gasteiger partial charge on any atom is -0.462 e. The molecular formula is C68H124O6. The van der Waals surface area contributed by atoms with E-state index in [4.69, 9.17) is 14.2 Å². The van der Waals surface area contributed by atoms with E-state index in [1.54, 1.807) is 0 Å². The summed E-state index contributed by atoms with van der Waals surface area (Å²) in [6, 6.07) is 0. The Hall–Kier alpha value is -2.63. The normalized spacial score (nSPS) is 12.3. The molecule has 0 aliphatic heterocycles. The average Bonchev–Trinajstić information content (AvgIpc) is 3.40. The van der Waals surface area contributed by atoms with Crippen LogP contribution in [-0.2, 0) is 28.6 Å². The molecule has 74 heavy (non-hydrogen) atoms. The number of hydrogen-bond donors (Lipinski definition) is 0. The molecule has 0 saturated carbocycles. The molecule has 0 amide bonds. The van der Waals surface area contributed by atoms with Crippen LogP contribution in [0.25, 0.3) is 0 Å². The molecule has 432 valence electrons. The number of rotatable bonds is 60. The monoisotopic (exact) mass is 1040 g/mol. The second kappa shape index (κ2) is 62.9. The van der Waals surface area contributed by atoms with Crippen LogP contribution < -0.4 is 0 Å². The van der Waals surface area contributed by atoms with E-state index in [1.165, 1.54) is 225 Å². The van der Waals surface area contributed by atoms with Gasteiger partial charge in [0.2, 0.25) is 0 Å². The molecule has 0 rings (SSSR count). The zero-order valence-electron chi connectivity index (χ0n) is 49.6. The number of unbranched alkanes of at least 4 members (excludes halogenated alkanes) is 41. The van der Waals surface area contributed by atoms with E-state index in [0.717, 1.165) is 83.5 Å². The lowest BCUT2D eigenvalue weighted by Crippen LogP contribution is -2.30. The Morgan fingerprint density at radius 2 is 0.527 bits per heavy atom. The zero-order valence-corrected chi connectivity index (χ0v) is 49.6. The van der Waals surface area contributed by atoms with Gasteiger partial charge in [-0.15, -0.1) is 0 Å². The SMILES string of the molecule is CC/C=C\C/C=C\C/C=C\C/C=C\CCCCCCCCCCCCCCC(=O)OCC(COC(=O)CCCCCCCCCCCCCCCC)OC(=O)CCCCCCCCCCCCCCCCCCC. The van der Waals surface area contributed by atoms with Crippen LogP contribution in [0.2, 0.25) is 0 Å². The zero-order chi connectivity index (χ0) is 53.6. The largest absolute Gasteiger partial charge is 0.462 e. The summed E-state index contributed by atoms with van der Waals surface area (Å²) in [5, 5.41) is 0. The van der Waals surface area contributed by atoms with Gasteiger partial charge in [-0.25, -0.2) is 0 Å². The van der Waals surface area contributed by atoms with Crippen molar-refractivity contribution in [3.05, 3.63) is 48.6 Å². The van der Waals surface area contributed by atoms with E-state index in [-0.39, 0.29) is 31.1 Å². The van der Waals surface area contributed by atoms with Crippen LogP contribution in [0, 0.1) is 0 Å². The molecule has 0 aliphatic rings. The molecule has 0 N–H and O–H groups in total. The Labute approximate surface area is 460 Å². The molecule has 0 spiro atoms. The first-order chi connectivity index (χ1) is 36.5. The third-order valence-corrected chi connectivity index (χ3v) is 14.6. The number of carbonyl (C=O) groups is 3. The van der Waals surface area contributed by atoms with Gasteiger partial charge in [-0.3, -0.25) is 14.4 Å². The van der Waals surface area contributed by atoms with Crippen molar-refractivity contribution in [3.63, 3.8) is 0 Å². The van der Waals surface area contributed by atoms with Gasteiger partial charge in [0, 0.05) is 19.3 Å². The fourth-order valence-corrected chi connectivity index (χ4v) is 9.73. The fourth-order valence-electron chi connectivity index (χ4n) is 9.73. The Morgan fingerprint density at radius 3 is 0.824 bits per heavy atom. The molecule has 1 unspecified atom stereocenters. The van der Waals surface area contributed by atoms with Gasteiger partial charge in [-0.05, 0) is 57.8 Å². The second-order valence-corrected chi connectivity index (χ2v) is 22.0. The average molecular weight is 1040 g/mol. The van der Waals surface area contributed by atoms with Gasteiger partial charge in [0.05, 0.1) is 0 Å². The molecule has 0 heterocycles. The van der Waals surface area contributed by atoms with E-state index < -0.39 is 6.10 Å². The highest BCUT2D eigenvalue weighted by atomic mass is 16.6. The Bertz CT molecular complexity index is 1280. The van der Waals surface area contributed by atoms with E-state index >= 15 is 0 Å². The van der Waals surface area contributed by atoms with Gasteiger partial charge in [0.1, 0.15) is 13.2 Å². The number of hydrogen-bond acceptors (Lipinski definition) is 6. The van der Waals surface area contributed by atoms with E-state index in [9.17, 15) is 14.4 Å². The summed E-state index contributed by atoms with van der Waals surface area (Å²) in [4.78, 5) is 38.3. The smallest absolute Gasteiger partial charge is 0.306 e. The summed E-state index contributed by atoms with van der Waals surface area (Å²) in [7, 11) is 0. The van der Waals surface area contributed by atoms with Gasteiger partial charge in [0.15, 0.2) is 6.10 Å². The molecular weight excluding hydrogens is 913 g/mol. The van der Waals surface area contributed by atoms with Crippen LogP contribution >= 0.6 is 0 Å². The van der Waals surface area contributed by atoms with E-state index in [2.05, 4.69) is 69.4 Å². The van der Waals surface area contributed by atoms with Crippen molar-refractivity contribution in [2.24, 2.45) is 0 Å². The molecule has 0 radical (unpaired) electrons. The van der Waals surface area contributed by atoms with Crippen molar-refractivity contribution in [3.8, 4) is 0 Å². The maximum absolute atomic E-state index is 12.9. The predicted octanol–water partition coefficient (Wildman–Crippen LogP) is 22.2.